The van der Waals surface area contributed by atoms with Crippen molar-refractivity contribution >= 4 is 34.7 Å². The molecule has 0 aromatic carbocycles. The molecule has 1 aromatic heterocycles. The van der Waals surface area contributed by atoms with Crippen LogP contribution in [0.25, 0.3) is 0 Å². The summed E-state index contributed by atoms with van der Waals surface area (Å²) in [7, 11) is 1.81. The fourth-order valence-electron chi connectivity index (χ4n) is 3.22. The monoisotopic (exact) mass is 331 g/mol. The minimum Gasteiger partial charge on any atom is -0.338 e. The summed E-state index contributed by atoms with van der Waals surface area (Å²) in [6, 6.07) is 4.23. The molecule has 3 rings (SSSR count). The quantitative estimate of drug-likeness (QED) is 0.681. The van der Waals surface area contributed by atoms with Crippen LogP contribution in [-0.2, 0) is 0 Å². The number of hydrogen-bond donors (Lipinski definition) is 1. The van der Waals surface area contributed by atoms with Gasteiger partial charge in [-0.25, -0.2) is 0 Å². The maximum atomic E-state index is 12.4. The lowest BCUT2D eigenvalue weighted by molar-refractivity contribution is -0.380. The molecule has 1 aromatic rings. The number of halogens is 1. The Bertz CT molecular complexity index is 539. The Morgan fingerprint density at radius 3 is 2.52 bits per heavy atom. The van der Waals surface area contributed by atoms with Crippen LogP contribution in [0.3, 0.4) is 0 Å². The number of thiophene rings is 1. The van der Waals surface area contributed by atoms with Crippen molar-refractivity contribution in [3.05, 3.63) is 27.1 Å². The molecule has 2 aliphatic rings. The van der Waals surface area contributed by atoms with Crippen LogP contribution in [0.4, 0.5) is 5.00 Å². The molecule has 0 saturated carbocycles. The molecule has 2 atom stereocenters. The molecule has 0 aliphatic carbocycles. The fourth-order valence-corrected chi connectivity index (χ4v) is 4.03. The topological polar surface area (TPSA) is 75.5 Å². The lowest BCUT2D eigenvalue weighted by atomic mass is 9.98. The van der Waals surface area contributed by atoms with Gasteiger partial charge < -0.3 is 10.2 Å². The van der Waals surface area contributed by atoms with Crippen LogP contribution in [0.2, 0.25) is 0 Å². The van der Waals surface area contributed by atoms with Crippen LogP contribution >= 0.6 is 23.7 Å². The zero-order valence-electron chi connectivity index (χ0n) is 11.7. The van der Waals surface area contributed by atoms with Gasteiger partial charge in [-0.2, -0.15) is 0 Å². The van der Waals surface area contributed by atoms with Gasteiger partial charge in [0.05, 0.1) is 9.80 Å². The minimum absolute atomic E-state index is 0. The molecule has 2 saturated heterocycles. The van der Waals surface area contributed by atoms with Crippen molar-refractivity contribution in [1.29, 1.82) is 0 Å². The molecule has 3 heterocycles. The van der Waals surface area contributed by atoms with Crippen LogP contribution in [0.5, 0.6) is 0 Å². The molecule has 2 aliphatic heterocycles. The third-order valence-electron chi connectivity index (χ3n) is 4.30. The molecular formula is C13H18ClN3O3S. The normalized spacial score (nSPS) is 27.0. The Morgan fingerprint density at radius 2 is 2.00 bits per heavy atom. The molecule has 2 fully saturated rings. The Hall–Kier alpha value is -1.18. The van der Waals surface area contributed by atoms with Crippen LogP contribution in [-0.4, -0.2) is 40.9 Å². The summed E-state index contributed by atoms with van der Waals surface area (Å²) in [4.78, 5) is 24.9. The van der Waals surface area contributed by atoms with E-state index < -0.39 is 4.92 Å². The summed E-state index contributed by atoms with van der Waals surface area (Å²) in [6.07, 6.45) is 4.33. The first-order valence-electron chi connectivity index (χ1n) is 6.82. The number of rotatable bonds is 3. The number of amides is 1. The highest BCUT2D eigenvalue weighted by Crippen LogP contribution is 2.31. The van der Waals surface area contributed by atoms with Gasteiger partial charge in [-0.3, -0.25) is 14.9 Å². The number of nitrogens with one attached hydrogen (secondary N) is 1. The van der Waals surface area contributed by atoms with Crippen molar-refractivity contribution < 1.29 is 9.72 Å². The van der Waals surface area contributed by atoms with E-state index in [1.807, 2.05) is 7.05 Å². The van der Waals surface area contributed by atoms with Crippen molar-refractivity contribution in [2.45, 2.75) is 43.8 Å². The van der Waals surface area contributed by atoms with E-state index >= 15 is 0 Å². The summed E-state index contributed by atoms with van der Waals surface area (Å²) in [5, 5.41) is 14.3. The molecule has 0 radical (unpaired) electrons. The van der Waals surface area contributed by atoms with Crippen molar-refractivity contribution in [3.63, 3.8) is 0 Å². The van der Waals surface area contributed by atoms with E-state index in [2.05, 4.69) is 5.32 Å². The molecule has 2 unspecified atom stereocenters. The predicted molar refractivity (Wildman–Crippen MR) is 83.3 cm³/mol. The number of piperidine rings is 1. The third-order valence-corrected chi connectivity index (χ3v) is 5.32. The second-order valence-electron chi connectivity index (χ2n) is 5.57. The summed E-state index contributed by atoms with van der Waals surface area (Å²) in [6.45, 7) is 0. The van der Waals surface area contributed by atoms with E-state index in [4.69, 9.17) is 0 Å². The van der Waals surface area contributed by atoms with Gasteiger partial charge in [0.25, 0.3) is 5.91 Å². The Kier molecular flexibility index (Phi) is 4.85. The maximum Gasteiger partial charge on any atom is 0.324 e. The third kappa shape index (κ3) is 3.20. The lowest BCUT2D eigenvalue weighted by Gasteiger charge is -2.35. The highest BCUT2D eigenvalue weighted by Gasteiger charge is 2.36. The summed E-state index contributed by atoms with van der Waals surface area (Å²) in [5.74, 6) is -0.102. The van der Waals surface area contributed by atoms with E-state index in [1.54, 1.807) is 11.0 Å². The molecular weight excluding hydrogens is 314 g/mol. The van der Waals surface area contributed by atoms with Crippen molar-refractivity contribution in [2.24, 2.45) is 0 Å². The molecule has 2 bridgehead atoms. The van der Waals surface area contributed by atoms with Gasteiger partial charge in [0.2, 0.25) is 0 Å². The van der Waals surface area contributed by atoms with E-state index in [1.165, 1.54) is 18.9 Å². The molecule has 6 nitrogen and oxygen atoms in total. The molecule has 116 valence electrons. The van der Waals surface area contributed by atoms with Gasteiger partial charge in [-0.05, 0) is 31.7 Å². The lowest BCUT2D eigenvalue weighted by Crippen LogP contribution is -2.48. The van der Waals surface area contributed by atoms with Crippen LogP contribution in [0.15, 0.2) is 12.1 Å². The number of hydrogen-bond acceptors (Lipinski definition) is 5. The SMILES string of the molecule is CN(C(=O)c1ccc([N+](=O)[O-])s1)C1CC2CCC(C1)N2.Cl. The van der Waals surface area contributed by atoms with Gasteiger partial charge in [-0.15, -0.1) is 12.4 Å². The highest BCUT2D eigenvalue weighted by molar-refractivity contribution is 7.17. The summed E-state index contributed by atoms with van der Waals surface area (Å²) < 4.78 is 0. The van der Waals surface area contributed by atoms with Gasteiger partial charge in [0.15, 0.2) is 0 Å². The van der Waals surface area contributed by atoms with E-state index in [0.29, 0.717) is 17.0 Å². The average molecular weight is 332 g/mol. The van der Waals surface area contributed by atoms with Crippen molar-refractivity contribution in [3.8, 4) is 0 Å². The number of nitrogens with zero attached hydrogens (tertiary/aromatic N) is 2. The number of carbonyl (C=O) groups excluding carboxylic acids is 1. The van der Waals surface area contributed by atoms with Crippen LogP contribution in [0.1, 0.15) is 35.4 Å². The fraction of sp³-hybridized carbons (Fsp3) is 0.615. The molecule has 21 heavy (non-hydrogen) atoms. The van der Waals surface area contributed by atoms with E-state index in [-0.39, 0.29) is 29.4 Å². The van der Waals surface area contributed by atoms with E-state index in [0.717, 1.165) is 24.2 Å². The van der Waals surface area contributed by atoms with Gasteiger partial charge in [-0.1, -0.05) is 11.3 Å². The maximum absolute atomic E-state index is 12.4. The van der Waals surface area contributed by atoms with Gasteiger partial charge >= 0.3 is 5.00 Å². The molecule has 0 spiro atoms. The zero-order chi connectivity index (χ0) is 14.3. The van der Waals surface area contributed by atoms with Crippen LogP contribution in [0, 0.1) is 10.1 Å². The predicted octanol–water partition coefficient (Wildman–Crippen LogP) is 2.43. The van der Waals surface area contributed by atoms with Gasteiger partial charge in [0.1, 0.15) is 0 Å². The van der Waals surface area contributed by atoms with Gasteiger partial charge in [0, 0.05) is 31.2 Å². The second kappa shape index (κ2) is 6.29. The first-order chi connectivity index (χ1) is 9.54. The van der Waals surface area contributed by atoms with Crippen molar-refractivity contribution in [1.82, 2.24) is 10.2 Å². The highest BCUT2D eigenvalue weighted by atomic mass is 35.5. The Balaban J connectivity index is 0.00000161. The van der Waals surface area contributed by atoms with Crippen LogP contribution < -0.4 is 5.32 Å². The molecule has 1 N–H and O–H groups in total. The standard InChI is InChI=1S/C13H17N3O3S.ClH/c1-15(10-6-8-2-3-9(7-10)14-8)13(17)11-4-5-12(20-11)16(18)19;/h4-5,8-10,14H,2-3,6-7H2,1H3;1H. The number of carbonyl (C=O) groups is 1. The largest absolute Gasteiger partial charge is 0.338 e. The van der Waals surface area contributed by atoms with Crippen molar-refractivity contribution in [2.75, 3.05) is 7.05 Å². The summed E-state index contributed by atoms with van der Waals surface area (Å²) in [5.41, 5.74) is 0. The first-order valence-corrected chi connectivity index (χ1v) is 7.63. The molecule has 8 heteroatoms. The Labute approximate surface area is 133 Å². The zero-order valence-corrected chi connectivity index (χ0v) is 13.3. The minimum atomic E-state index is -0.452. The van der Waals surface area contributed by atoms with E-state index in [9.17, 15) is 14.9 Å². The Morgan fingerprint density at radius 1 is 1.38 bits per heavy atom. The second-order valence-corrected chi connectivity index (χ2v) is 6.64. The number of nitro groups is 1. The number of fused-ring (bicyclic) bond motifs is 2. The smallest absolute Gasteiger partial charge is 0.324 e. The molecule has 1 amide bonds. The average Bonchev–Trinajstić information content (AvgIpc) is 3.04. The first kappa shape index (κ1) is 16.2. The summed E-state index contributed by atoms with van der Waals surface area (Å²) >= 11 is 0.953.